The van der Waals surface area contributed by atoms with Crippen molar-refractivity contribution < 1.29 is 9.59 Å². The van der Waals surface area contributed by atoms with Crippen LogP contribution in [0, 0.1) is 0 Å². The lowest BCUT2D eigenvalue weighted by atomic mass is 10.1. The lowest BCUT2D eigenvalue weighted by Crippen LogP contribution is -2.51. The largest absolute Gasteiger partial charge is 0.337 e. The molecular formula is C14H22N6O2. The highest BCUT2D eigenvalue weighted by atomic mass is 16.2. The summed E-state index contributed by atoms with van der Waals surface area (Å²) in [4.78, 5) is 30.1. The molecule has 3 rings (SSSR count). The van der Waals surface area contributed by atoms with Crippen LogP contribution in [0.2, 0.25) is 0 Å². The molecule has 1 unspecified atom stereocenters. The lowest BCUT2D eigenvalue weighted by molar-refractivity contribution is -0.122. The normalized spacial score (nSPS) is 22.3. The molecule has 22 heavy (non-hydrogen) atoms. The molecule has 1 atom stereocenters. The number of aromatic nitrogens is 2. The summed E-state index contributed by atoms with van der Waals surface area (Å²) in [5.74, 6) is 0.640. The van der Waals surface area contributed by atoms with Crippen LogP contribution in [0.3, 0.4) is 0 Å². The van der Waals surface area contributed by atoms with Crippen LogP contribution >= 0.6 is 0 Å². The summed E-state index contributed by atoms with van der Waals surface area (Å²) in [6.45, 7) is 2.50. The standard InChI is InChI=1S/C14H22N6O2/c1-19-6-5-16-13(19)11-8-15-4-7-20(11)9-12(21)18-14(22)17-10-2-3-10/h5-6,10-11,15H,2-4,7-9H2,1H3,(H2,17,18,21,22). The van der Waals surface area contributed by atoms with Gasteiger partial charge in [-0.25, -0.2) is 9.78 Å². The van der Waals surface area contributed by atoms with E-state index in [1.807, 2.05) is 17.8 Å². The van der Waals surface area contributed by atoms with Crippen LogP contribution < -0.4 is 16.0 Å². The Hall–Kier alpha value is -1.93. The summed E-state index contributed by atoms with van der Waals surface area (Å²) in [7, 11) is 1.94. The Morgan fingerprint density at radius 2 is 2.27 bits per heavy atom. The first kappa shape index (κ1) is 15.0. The van der Waals surface area contributed by atoms with Gasteiger partial charge in [-0.1, -0.05) is 0 Å². The highest BCUT2D eigenvalue weighted by Crippen LogP contribution is 2.20. The highest BCUT2D eigenvalue weighted by molar-refractivity contribution is 5.95. The summed E-state index contributed by atoms with van der Waals surface area (Å²) < 4.78 is 1.96. The summed E-state index contributed by atoms with van der Waals surface area (Å²) in [5, 5.41) is 8.48. The number of carbonyl (C=O) groups excluding carboxylic acids is 2. The monoisotopic (exact) mass is 306 g/mol. The molecule has 1 aliphatic carbocycles. The Balaban J connectivity index is 1.57. The van der Waals surface area contributed by atoms with Crippen LogP contribution in [-0.2, 0) is 11.8 Å². The van der Waals surface area contributed by atoms with E-state index in [9.17, 15) is 9.59 Å². The molecule has 0 radical (unpaired) electrons. The number of imidazole rings is 1. The number of hydrogen-bond donors (Lipinski definition) is 3. The van der Waals surface area contributed by atoms with E-state index in [4.69, 9.17) is 0 Å². The second-order valence-corrected chi connectivity index (χ2v) is 5.88. The number of aryl methyl sites for hydroxylation is 1. The quantitative estimate of drug-likeness (QED) is 0.688. The Labute approximate surface area is 129 Å². The highest BCUT2D eigenvalue weighted by Gasteiger charge is 2.29. The van der Waals surface area contributed by atoms with Crippen molar-refractivity contribution in [3.8, 4) is 0 Å². The van der Waals surface area contributed by atoms with Crippen molar-refractivity contribution in [1.29, 1.82) is 0 Å². The van der Waals surface area contributed by atoms with Crippen LogP contribution in [-0.4, -0.2) is 58.6 Å². The van der Waals surface area contributed by atoms with E-state index < -0.39 is 6.03 Å². The maximum absolute atomic E-state index is 12.1. The predicted molar refractivity (Wildman–Crippen MR) is 80.1 cm³/mol. The molecule has 1 aromatic rings. The van der Waals surface area contributed by atoms with Crippen LogP contribution in [0.25, 0.3) is 0 Å². The number of hydrogen-bond acceptors (Lipinski definition) is 5. The first-order chi connectivity index (χ1) is 10.6. The molecule has 1 saturated carbocycles. The number of amides is 3. The van der Waals surface area contributed by atoms with Gasteiger partial charge in [-0.05, 0) is 12.8 Å². The number of nitrogens with one attached hydrogen (secondary N) is 3. The Kier molecular flexibility index (Phi) is 4.39. The van der Waals surface area contributed by atoms with Crippen molar-refractivity contribution in [3.63, 3.8) is 0 Å². The topological polar surface area (TPSA) is 91.3 Å². The van der Waals surface area contributed by atoms with Crippen LogP contribution in [0.1, 0.15) is 24.7 Å². The zero-order valence-electron chi connectivity index (χ0n) is 12.7. The molecule has 1 aromatic heterocycles. The molecule has 8 heteroatoms. The van der Waals surface area contributed by atoms with E-state index in [1.54, 1.807) is 6.20 Å². The van der Waals surface area contributed by atoms with Crippen LogP contribution in [0.15, 0.2) is 12.4 Å². The van der Waals surface area contributed by atoms with Crippen molar-refractivity contribution in [2.75, 3.05) is 26.2 Å². The van der Waals surface area contributed by atoms with E-state index in [2.05, 4.69) is 25.8 Å². The first-order valence-corrected chi connectivity index (χ1v) is 7.66. The summed E-state index contributed by atoms with van der Waals surface area (Å²) in [6, 6.07) is -0.116. The van der Waals surface area contributed by atoms with Gasteiger partial charge in [-0.15, -0.1) is 0 Å². The van der Waals surface area contributed by atoms with Gasteiger partial charge in [0, 0.05) is 45.1 Å². The van der Waals surface area contributed by atoms with E-state index in [0.717, 1.165) is 38.3 Å². The molecule has 2 heterocycles. The van der Waals surface area contributed by atoms with E-state index in [1.165, 1.54) is 0 Å². The fraction of sp³-hybridized carbons (Fsp3) is 0.643. The van der Waals surface area contributed by atoms with Gasteiger partial charge in [-0.2, -0.15) is 0 Å². The number of nitrogens with zero attached hydrogens (tertiary/aromatic N) is 3. The second-order valence-electron chi connectivity index (χ2n) is 5.88. The molecule has 2 aliphatic rings. The smallest absolute Gasteiger partial charge is 0.321 e. The molecule has 0 spiro atoms. The minimum absolute atomic E-state index is 0.0333. The molecule has 8 nitrogen and oxygen atoms in total. The predicted octanol–water partition coefficient (Wildman–Crippen LogP) is -0.645. The Bertz CT molecular complexity index is 553. The number of rotatable bonds is 4. The Morgan fingerprint density at radius 3 is 2.95 bits per heavy atom. The van der Waals surface area contributed by atoms with E-state index >= 15 is 0 Å². The molecule has 0 aromatic carbocycles. The first-order valence-electron chi connectivity index (χ1n) is 7.66. The number of carbonyl (C=O) groups is 2. The maximum atomic E-state index is 12.1. The number of urea groups is 1. The summed E-state index contributed by atoms with van der Waals surface area (Å²) >= 11 is 0. The number of piperazine rings is 1. The van der Waals surface area contributed by atoms with Gasteiger partial charge < -0.3 is 15.2 Å². The maximum Gasteiger partial charge on any atom is 0.321 e. The Morgan fingerprint density at radius 1 is 1.45 bits per heavy atom. The molecule has 0 bridgehead atoms. The number of imide groups is 1. The molecule has 1 aliphatic heterocycles. The van der Waals surface area contributed by atoms with Gasteiger partial charge in [0.05, 0.1) is 12.6 Å². The molecule has 2 fully saturated rings. The third-order valence-corrected chi connectivity index (χ3v) is 4.02. The second kappa shape index (κ2) is 6.45. The van der Waals surface area contributed by atoms with Gasteiger partial charge in [0.2, 0.25) is 5.91 Å². The zero-order chi connectivity index (χ0) is 15.5. The molecule has 3 amide bonds. The van der Waals surface area contributed by atoms with Crippen molar-refractivity contribution in [1.82, 2.24) is 30.4 Å². The third kappa shape index (κ3) is 3.63. The zero-order valence-corrected chi connectivity index (χ0v) is 12.7. The lowest BCUT2D eigenvalue weighted by Gasteiger charge is -2.35. The summed E-state index contributed by atoms with van der Waals surface area (Å²) in [5.41, 5.74) is 0. The molecule has 120 valence electrons. The van der Waals surface area contributed by atoms with Crippen molar-refractivity contribution in [2.45, 2.75) is 24.9 Å². The molecular weight excluding hydrogens is 284 g/mol. The fourth-order valence-corrected chi connectivity index (χ4v) is 2.69. The third-order valence-electron chi connectivity index (χ3n) is 4.02. The van der Waals surface area contributed by atoms with Crippen LogP contribution in [0.5, 0.6) is 0 Å². The van der Waals surface area contributed by atoms with Crippen molar-refractivity contribution in [2.24, 2.45) is 7.05 Å². The van der Waals surface area contributed by atoms with Gasteiger partial charge in [0.15, 0.2) is 0 Å². The van der Waals surface area contributed by atoms with Gasteiger partial charge >= 0.3 is 6.03 Å². The van der Waals surface area contributed by atoms with E-state index in [-0.39, 0.29) is 24.5 Å². The van der Waals surface area contributed by atoms with Crippen molar-refractivity contribution in [3.05, 3.63) is 18.2 Å². The summed E-state index contributed by atoms with van der Waals surface area (Å²) in [6.07, 6.45) is 5.65. The van der Waals surface area contributed by atoms with E-state index in [0.29, 0.717) is 0 Å². The minimum Gasteiger partial charge on any atom is -0.337 e. The SMILES string of the molecule is Cn1ccnc1C1CNCCN1CC(=O)NC(=O)NC1CC1. The minimum atomic E-state index is -0.392. The van der Waals surface area contributed by atoms with Gasteiger partial charge in [0.1, 0.15) is 5.82 Å². The van der Waals surface area contributed by atoms with Gasteiger partial charge in [-0.3, -0.25) is 15.0 Å². The fourth-order valence-electron chi connectivity index (χ4n) is 2.69. The molecule has 1 saturated heterocycles. The average molecular weight is 306 g/mol. The van der Waals surface area contributed by atoms with Crippen molar-refractivity contribution >= 4 is 11.9 Å². The van der Waals surface area contributed by atoms with Crippen LogP contribution in [0.4, 0.5) is 4.79 Å². The average Bonchev–Trinajstić information content (AvgIpc) is 3.18. The molecule has 3 N–H and O–H groups in total. The van der Waals surface area contributed by atoms with Gasteiger partial charge in [0.25, 0.3) is 0 Å².